The molecule has 3 rings (SSSR count). The van der Waals surface area contributed by atoms with Crippen LogP contribution in [0.4, 0.5) is 5.69 Å². The molecule has 0 spiro atoms. The minimum atomic E-state index is -0.636. The van der Waals surface area contributed by atoms with Crippen LogP contribution >= 0.6 is 11.6 Å². The molecular formula is C24H24ClNO4. The van der Waals surface area contributed by atoms with Crippen LogP contribution in [0.1, 0.15) is 30.9 Å². The number of rotatable bonds is 4. The van der Waals surface area contributed by atoms with E-state index in [0.29, 0.717) is 27.6 Å². The highest BCUT2D eigenvalue weighted by molar-refractivity contribution is 6.30. The Balaban J connectivity index is 2.33. The number of carbonyl (C=O) groups is 2. The van der Waals surface area contributed by atoms with E-state index in [-0.39, 0.29) is 0 Å². The summed E-state index contributed by atoms with van der Waals surface area (Å²) in [6, 6.07) is 14.9. The van der Waals surface area contributed by atoms with Gasteiger partial charge in [-0.2, -0.15) is 0 Å². The minimum absolute atomic E-state index is 0.382. The third-order valence-electron chi connectivity index (χ3n) is 5.30. The topological polar surface area (TPSA) is 55.8 Å². The van der Waals surface area contributed by atoms with Crippen LogP contribution in [0.25, 0.3) is 0 Å². The molecular weight excluding hydrogens is 402 g/mol. The molecule has 0 unspecified atom stereocenters. The van der Waals surface area contributed by atoms with Gasteiger partial charge in [-0.05, 0) is 56.2 Å². The second-order valence-corrected chi connectivity index (χ2v) is 7.58. The van der Waals surface area contributed by atoms with Crippen LogP contribution < -0.4 is 4.90 Å². The second kappa shape index (κ2) is 8.76. The first kappa shape index (κ1) is 21.7. The standard InChI is InChI=1S/C24H24ClNO4/c1-14-7-6-8-19(13-14)26-15(2)20(23(27)29-4)22(17-9-11-18(25)12-10-17)21(16(26)3)24(28)30-5/h6-13,22H,1-5H3. The Morgan fingerprint density at radius 3 is 1.87 bits per heavy atom. The van der Waals surface area contributed by atoms with Crippen molar-refractivity contribution in [3.05, 3.63) is 87.2 Å². The Morgan fingerprint density at radius 1 is 0.867 bits per heavy atom. The van der Waals surface area contributed by atoms with Crippen LogP contribution in [0.5, 0.6) is 0 Å². The number of esters is 2. The van der Waals surface area contributed by atoms with E-state index < -0.39 is 17.9 Å². The average Bonchev–Trinajstić information content (AvgIpc) is 2.73. The Morgan fingerprint density at radius 2 is 1.40 bits per heavy atom. The van der Waals surface area contributed by atoms with Crippen molar-refractivity contribution in [2.24, 2.45) is 0 Å². The Bertz CT molecular complexity index is 1010. The zero-order chi connectivity index (χ0) is 22.0. The highest BCUT2D eigenvalue weighted by Crippen LogP contribution is 2.44. The molecule has 0 aromatic heterocycles. The van der Waals surface area contributed by atoms with Crippen molar-refractivity contribution in [2.45, 2.75) is 26.7 Å². The highest BCUT2D eigenvalue weighted by atomic mass is 35.5. The molecule has 0 saturated carbocycles. The fourth-order valence-electron chi connectivity index (χ4n) is 3.95. The predicted molar refractivity (Wildman–Crippen MR) is 117 cm³/mol. The zero-order valence-corrected chi connectivity index (χ0v) is 18.4. The van der Waals surface area contributed by atoms with Crippen LogP contribution in [0.15, 0.2) is 71.1 Å². The maximum atomic E-state index is 12.9. The zero-order valence-electron chi connectivity index (χ0n) is 17.7. The molecule has 2 aromatic carbocycles. The van der Waals surface area contributed by atoms with Gasteiger partial charge in [-0.15, -0.1) is 0 Å². The molecule has 0 atom stereocenters. The van der Waals surface area contributed by atoms with Crippen molar-refractivity contribution in [1.82, 2.24) is 0 Å². The maximum Gasteiger partial charge on any atom is 0.336 e. The summed E-state index contributed by atoms with van der Waals surface area (Å²) in [6.45, 7) is 5.70. The SMILES string of the molecule is COC(=O)C1=C(C)N(c2cccc(C)c2)C(C)=C(C(=O)OC)C1c1ccc(Cl)cc1. The summed E-state index contributed by atoms with van der Waals surface area (Å²) in [5.41, 5.74) is 4.81. The van der Waals surface area contributed by atoms with Gasteiger partial charge in [0.25, 0.3) is 0 Å². The molecule has 0 saturated heterocycles. The van der Waals surface area contributed by atoms with E-state index >= 15 is 0 Å². The largest absolute Gasteiger partial charge is 0.466 e. The molecule has 30 heavy (non-hydrogen) atoms. The highest BCUT2D eigenvalue weighted by Gasteiger charge is 2.40. The Kier molecular flexibility index (Phi) is 6.32. The van der Waals surface area contributed by atoms with E-state index in [1.165, 1.54) is 14.2 Å². The summed E-state index contributed by atoms with van der Waals surface area (Å²) in [6.07, 6.45) is 0. The molecule has 1 aliphatic rings. The quantitative estimate of drug-likeness (QED) is 0.634. The molecule has 0 N–H and O–H groups in total. The number of allylic oxidation sites excluding steroid dienone is 2. The number of hydrogen-bond acceptors (Lipinski definition) is 5. The van der Waals surface area contributed by atoms with Crippen LogP contribution in [-0.4, -0.2) is 26.2 Å². The van der Waals surface area contributed by atoms with Gasteiger partial charge >= 0.3 is 11.9 Å². The van der Waals surface area contributed by atoms with Crippen LogP contribution in [0.2, 0.25) is 5.02 Å². The van der Waals surface area contributed by atoms with Gasteiger partial charge in [-0.3, -0.25) is 0 Å². The van der Waals surface area contributed by atoms with E-state index in [9.17, 15) is 9.59 Å². The minimum Gasteiger partial charge on any atom is -0.466 e. The number of carbonyl (C=O) groups excluding carboxylic acids is 2. The molecule has 2 aromatic rings. The summed E-state index contributed by atoms with van der Waals surface area (Å²) in [5, 5.41) is 0.566. The molecule has 156 valence electrons. The number of ether oxygens (including phenoxy) is 2. The van der Waals surface area contributed by atoms with Crippen molar-refractivity contribution in [2.75, 3.05) is 19.1 Å². The van der Waals surface area contributed by atoms with Crippen molar-refractivity contribution in [1.29, 1.82) is 0 Å². The van der Waals surface area contributed by atoms with Crippen molar-refractivity contribution in [3.63, 3.8) is 0 Å². The predicted octanol–water partition coefficient (Wildman–Crippen LogP) is 5.15. The van der Waals surface area contributed by atoms with Crippen LogP contribution in [0, 0.1) is 6.92 Å². The van der Waals surface area contributed by atoms with E-state index in [0.717, 1.165) is 16.8 Å². The van der Waals surface area contributed by atoms with Gasteiger partial charge in [-0.1, -0.05) is 35.9 Å². The lowest BCUT2D eigenvalue weighted by atomic mass is 9.79. The van der Waals surface area contributed by atoms with E-state index in [4.69, 9.17) is 21.1 Å². The normalized spacial score (nSPS) is 14.8. The van der Waals surface area contributed by atoms with Gasteiger partial charge in [0.2, 0.25) is 0 Å². The number of methoxy groups -OCH3 is 2. The Labute approximate surface area is 181 Å². The molecule has 0 bridgehead atoms. The Hall–Kier alpha value is -3.05. The van der Waals surface area contributed by atoms with Gasteiger partial charge < -0.3 is 14.4 Å². The van der Waals surface area contributed by atoms with Gasteiger partial charge in [0.1, 0.15) is 0 Å². The van der Waals surface area contributed by atoms with E-state index in [2.05, 4.69) is 0 Å². The fourth-order valence-corrected chi connectivity index (χ4v) is 4.07. The molecule has 0 radical (unpaired) electrons. The van der Waals surface area contributed by atoms with Crippen molar-refractivity contribution in [3.8, 4) is 0 Å². The van der Waals surface area contributed by atoms with E-state index in [1.807, 2.05) is 62.1 Å². The summed E-state index contributed by atoms with van der Waals surface area (Å²) < 4.78 is 10.2. The van der Waals surface area contributed by atoms with Gasteiger partial charge in [-0.25, -0.2) is 9.59 Å². The molecule has 0 amide bonds. The third-order valence-corrected chi connectivity index (χ3v) is 5.55. The first-order valence-electron chi connectivity index (χ1n) is 9.50. The molecule has 0 fully saturated rings. The summed E-state index contributed by atoms with van der Waals surface area (Å²) in [5.74, 6) is -1.64. The molecule has 6 heteroatoms. The number of benzene rings is 2. The monoisotopic (exact) mass is 425 g/mol. The van der Waals surface area contributed by atoms with Crippen molar-refractivity contribution >= 4 is 29.2 Å². The average molecular weight is 426 g/mol. The maximum absolute atomic E-state index is 12.9. The number of anilines is 1. The van der Waals surface area contributed by atoms with Crippen molar-refractivity contribution < 1.29 is 19.1 Å². The summed E-state index contributed by atoms with van der Waals surface area (Å²) in [7, 11) is 2.67. The number of halogens is 1. The molecule has 1 heterocycles. The first-order valence-corrected chi connectivity index (χ1v) is 9.88. The first-order chi connectivity index (χ1) is 14.3. The number of aryl methyl sites for hydroxylation is 1. The molecule has 0 aliphatic carbocycles. The number of hydrogen-bond donors (Lipinski definition) is 0. The molecule has 1 aliphatic heterocycles. The molecule has 5 nitrogen and oxygen atoms in total. The number of nitrogens with zero attached hydrogens (tertiary/aromatic N) is 1. The lowest BCUT2D eigenvalue weighted by Gasteiger charge is -2.37. The van der Waals surface area contributed by atoms with Crippen LogP contribution in [-0.2, 0) is 19.1 Å². The fraction of sp³-hybridized carbons (Fsp3) is 0.250. The second-order valence-electron chi connectivity index (χ2n) is 7.14. The summed E-state index contributed by atoms with van der Waals surface area (Å²) in [4.78, 5) is 27.8. The third kappa shape index (κ3) is 3.85. The van der Waals surface area contributed by atoms with Crippen LogP contribution in [0.3, 0.4) is 0 Å². The van der Waals surface area contributed by atoms with Gasteiger partial charge in [0.15, 0.2) is 0 Å². The van der Waals surface area contributed by atoms with E-state index in [1.54, 1.807) is 12.1 Å². The summed E-state index contributed by atoms with van der Waals surface area (Å²) >= 11 is 6.06. The lowest BCUT2D eigenvalue weighted by Crippen LogP contribution is -2.35. The van der Waals surface area contributed by atoms with Gasteiger partial charge in [0.05, 0.1) is 31.3 Å². The van der Waals surface area contributed by atoms with Gasteiger partial charge in [0, 0.05) is 22.1 Å². The smallest absolute Gasteiger partial charge is 0.336 e. The lowest BCUT2D eigenvalue weighted by molar-refractivity contribution is -0.137.